The van der Waals surface area contributed by atoms with Crippen LogP contribution in [0.4, 0.5) is 35.5 Å². The predicted octanol–water partition coefficient (Wildman–Crippen LogP) is 2.91. The van der Waals surface area contributed by atoms with Crippen LogP contribution in [0.3, 0.4) is 0 Å². The molecule has 0 unspecified atom stereocenters. The molecule has 32 heavy (non-hydrogen) atoms. The number of hydrogen-bond donors (Lipinski definition) is 1. The van der Waals surface area contributed by atoms with E-state index >= 15 is 0 Å². The summed E-state index contributed by atoms with van der Waals surface area (Å²) in [4.78, 5) is 39.2. The Kier molecular flexibility index (Phi) is 4.83. The number of pyridine rings is 1. The number of aromatic amines is 1. The number of amides is 3. The average molecular weight is 485 g/mol. The molecule has 3 heterocycles. The molecule has 172 valence electrons. The molecular formula is C16H10F7N5O3S. The molecule has 2 aromatic rings. The lowest BCUT2D eigenvalue weighted by Gasteiger charge is -2.19. The van der Waals surface area contributed by atoms with Gasteiger partial charge >= 0.3 is 18.4 Å². The van der Waals surface area contributed by atoms with Crippen LogP contribution in [-0.4, -0.2) is 55.2 Å². The summed E-state index contributed by atoms with van der Waals surface area (Å²) in [6, 6.07) is -0.838. The zero-order valence-electron chi connectivity index (χ0n) is 15.5. The van der Waals surface area contributed by atoms with Crippen LogP contribution in [-0.2, 0) is 17.5 Å². The normalized spacial score (nSPS) is 18.2. The van der Waals surface area contributed by atoms with E-state index in [9.17, 15) is 45.1 Å². The summed E-state index contributed by atoms with van der Waals surface area (Å²) in [5.74, 6) is -3.00. The van der Waals surface area contributed by atoms with Gasteiger partial charge in [-0.1, -0.05) is 11.3 Å². The van der Waals surface area contributed by atoms with E-state index in [0.717, 1.165) is 4.90 Å². The lowest BCUT2D eigenvalue weighted by Crippen LogP contribution is -2.39. The smallest absolute Gasteiger partial charge is 0.317 e. The lowest BCUT2D eigenvalue weighted by atomic mass is 10.2. The first-order chi connectivity index (χ1) is 14.7. The predicted molar refractivity (Wildman–Crippen MR) is 91.6 cm³/mol. The Morgan fingerprint density at radius 3 is 2.31 bits per heavy atom. The molecule has 1 spiro atoms. The molecule has 0 aromatic carbocycles. The SMILES string of the molecule is O=C1N(CC(F)(F)F)C(=O)C2(CC2)N1Cc1nnc(-c2cc(C(F)(F)F)c(F)c(=O)[nH]2)s1. The Bertz CT molecular complexity index is 1170. The van der Waals surface area contributed by atoms with Gasteiger partial charge in [-0.15, -0.1) is 10.2 Å². The molecule has 2 fully saturated rings. The highest BCUT2D eigenvalue weighted by molar-refractivity contribution is 7.14. The number of imide groups is 1. The maximum absolute atomic E-state index is 13.5. The second-order valence-electron chi connectivity index (χ2n) is 7.15. The molecule has 2 aromatic heterocycles. The van der Waals surface area contributed by atoms with Gasteiger partial charge in [0.05, 0.1) is 17.8 Å². The third kappa shape index (κ3) is 3.71. The summed E-state index contributed by atoms with van der Waals surface area (Å²) in [5.41, 5.74) is -5.35. The maximum atomic E-state index is 13.5. The Hall–Kier alpha value is -3.04. The highest BCUT2D eigenvalue weighted by atomic mass is 32.1. The van der Waals surface area contributed by atoms with Gasteiger partial charge < -0.3 is 9.88 Å². The molecule has 1 N–H and O–H groups in total. The molecule has 1 aliphatic carbocycles. The quantitative estimate of drug-likeness (QED) is 0.531. The molecule has 1 aliphatic heterocycles. The number of nitrogens with zero attached hydrogens (tertiary/aromatic N) is 4. The van der Waals surface area contributed by atoms with Gasteiger partial charge in [-0.05, 0) is 18.9 Å². The minimum Gasteiger partial charge on any atom is -0.317 e. The monoisotopic (exact) mass is 485 g/mol. The molecule has 1 saturated carbocycles. The Balaban J connectivity index is 1.61. The summed E-state index contributed by atoms with van der Waals surface area (Å²) < 4.78 is 90.5. The van der Waals surface area contributed by atoms with Crippen LogP contribution in [0.15, 0.2) is 10.9 Å². The third-order valence-corrected chi connectivity index (χ3v) is 5.89. The number of urea groups is 1. The molecular weight excluding hydrogens is 475 g/mol. The van der Waals surface area contributed by atoms with E-state index < -0.39 is 65.6 Å². The molecule has 0 atom stereocenters. The van der Waals surface area contributed by atoms with E-state index in [1.54, 1.807) is 0 Å². The zero-order chi connectivity index (χ0) is 23.6. The van der Waals surface area contributed by atoms with Gasteiger partial charge in [-0.25, -0.2) is 9.18 Å². The number of rotatable bonds is 4. The van der Waals surface area contributed by atoms with Gasteiger partial charge in [-0.3, -0.25) is 14.5 Å². The number of halogens is 7. The van der Waals surface area contributed by atoms with Crippen LogP contribution in [0, 0.1) is 5.82 Å². The van der Waals surface area contributed by atoms with Crippen LogP contribution in [0.25, 0.3) is 10.7 Å². The number of carbonyl (C=O) groups excluding carboxylic acids is 2. The van der Waals surface area contributed by atoms with Crippen LogP contribution >= 0.6 is 11.3 Å². The number of hydrogen-bond acceptors (Lipinski definition) is 6. The van der Waals surface area contributed by atoms with E-state index in [0.29, 0.717) is 17.4 Å². The molecule has 16 heteroatoms. The van der Waals surface area contributed by atoms with E-state index in [4.69, 9.17) is 0 Å². The van der Waals surface area contributed by atoms with Crippen molar-refractivity contribution in [1.82, 2.24) is 25.0 Å². The molecule has 0 radical (unpaired) electrons. The Labute approximate surface area is 176 Å². The van der Waals surface area contributed by atoms with Crippen molar-refractivity contribution in [2.45, 2.75) is 37.3 Å². The number of H-pyrrole nitrogens is 1. The number of aromatic nitrogens is 3. The topological polar surface area (TPSA) is 99.3 Å². The first kappa shape index (κ1) is 22.2. The highest BCUT2D eigenvalue weighted by Crippen LogP contribution is 2.49. The van der Waals surface area contributed by atoms with Crippen LogP contribution in [0.1, 0.15) is 23.4 Å². The first-order valence-corrected chi connectivity index (χ1v) is 9.58. The highest BCUT2D eigenvalue weighted by Gasteiger charge is 2.65. The van der Waals surface area contributed by atoms with E-state index in [1.165, 1.54) is 0 Å². The second kappa shape index (κ2) is 6.98. The summed E-state index contributed by atoms with van der Waals surface area (Å²) in [6.45, 7) is -2.17. The minimum atomic E-state index is -5.15. The lowest BCUT2D eigenvalue weighted by molar-refractivity contribution is -0.153. The van der Waals surface area contributed by atoms with Gasteiger partial charge in [0.25, 0.3) is 11.5 Å². The van der Waals surface area contributed by atoms with Crippen molar-refractivity contribution < 1.29 is 40.3 Å². The Morgan fingerprint density at radius 1 is 1.09 bits per heavy atom. The van der Waals surface area contributed by atoms with E-state index in [-0.39, 0.29) is 27.8 Å². The van der Waals surface area contributed by atoms with Crippen molar-refractivity contribution in [3.05, 3.63) is 32.8 Å². The number of alkyl halides is 6. The number of nitrogens with one attached hydrogen (secondary N) is 1. The largest absolute Gasteiger partial charge is 0.419 e. The Morgan fingerprint density at radius 2 is 1.75 bits per heavy atom. The van der Waals surface area contributed by atoms with Crippen molar-refractivity contribution >= 4 is 23.3 Å². The first-order valence-electron chi connectivity index (χ1n) is 8.76. The molecule has 1 saturated heterocycles. The van der Waals surface area contributed by atoms with Gasteiger partial charge in [0.1, 0.15) is 17.1 Å². The zero-order valence-corrected chi connectivity index (χ0v) is 16.3. The van der Waals surface area contributed by atoms with Gasteiger partial charge in [0, 0.05) is 0 Å². The van der Waals surface area contributed by atoms with Crippen molar-refractivity contribution in [2.75, 3.05) is 6.54 Å². The fraction of sp³-hybridized carbons (Fsp3) is 0.438. The van der Waals surface area contributed by atoms with Crippen LogP contribution in [0.2, 0.25) is 0 Å². The van der Waals surface area contributed by atoms with E-state index in [2.05, 4.69) is 10.2 Å². The molecule has 0 bridgehead atoms. The number of carbonyl (C=O) groups is 2. The van der Waals surface area contributed by atoms with Gasteiger partial charge in [0.15, 0.2) is 10.8 Å². The standard InChI is InChI=1S/C16H10F7N5O3S/c17-9-6(16(21,22)23)3-7(24-10(9)29)11-26-25-8(32-11)4-28-13(31)27(5-15(18,19)20)12(30)14(28)1-2-14/h3H,1-2,4-5H2,(H,24,29). The summed E-state index contributed by atoms with van der Waals surface area (Å²) >= 11 is 0.625. The maximum Gasteiger partial charge on any atom is 0.419 e. The van der Waals surface area contributed by atoms with Crippen LogP contribution < -0.4 is 5.56 Å². The summed E-state index contributed by atoms with van der Waals surface area (Å²) in [6.07, 6.45) is -9.64. The fourth-order valence-electron chi connectivity index (χ4n) is 3.35. The van der Waals surface area contributed by atoms with Gasteiger partial charge in [0.2, 0.25) is 0 Å². The van der Waals surface area contributed by atoms with Crippen molar-refractivity contribution in [1.29, 1.82) is 0 Å². The fourth-order valence-corrected chi connectivity index (χ4v) is 4.15. The summed E-state index contributed by atoms with van der Waals surface area (Å²) in [5, 5.41) is 7.02. The van der Waals surface area contributed by atoms with Crippen molar-refractivity contribution in [2.24, 2.45) is 0 Å². The molecule has 3 amide bonds. The van der Waals surface area contributed by atoms with E-state index in [1.807, 2.05) is 4.98 Å². The van der Waals surface area contributed by atoms with Crippen molar-refractivity contribution in [3.63, 3.8) is 0 Å². The average Bonchev–Trinajstić information content (AvgIpc) is 3.30. The van der Waals surface area contributed by atoms with Crippen LogP contribution in [0.5, 0.6) is 0 Å². The third-order valence-electron chi connectivity index (χ3n) is 4.95. The molecule has 8 nitrogen and oxygen atoms in total. The van der Waals surface area contributed by atoms with Gasteiger partial charge in [-0.2, -0.15) is 26.3 Å². The summed E-state index contributed by atoms with van der Waals surface area (Å²) in [7, 11) is 0. The second-order valence-corrected chi connectivity index (χ2v) is 8.21. The molecule has 2 aliphatic rings. The minimum absolute atomic E-state index is 0.0139. The van der Waals surface area contributed by atoms with Crippen molar-refractivity contribution in [3.8, 4) is 10.7 Å². The molecule has 4 rings (SSSR count).